The molecule has 1 aromatic heterocycles. The number of methoxy groups -OCH3 is 1. The molecule has 1 saturated heterocycles. The average molecular weight is 645 g/mol. The third-order valence-corrected chi connectivity index (χ3v) is 8.41. The number of likely N-dealkylation sites (tertiary alicyclic amines) is 1. The fourth-order valence-electron chi connectivity index (χ4n) is 5.85. The van der Waals surface area contributed by atoms with E-state index in [2.05, 4.69) is 28.4 Å². The van der Waals surface area contributed by atoms with Crippen molar-refractivity contribution in [3.05, 3.63) is 49.2 Å². The number of benzene rings is 1. The van der Waals surface area contributed by atoms with Crippen molar-refractivity contribution in [2.45, 2.75) is 83.6 Å². The number of carbonyl (C=O) groups excluding carboxylic acids is 2. The van der Waals surface area contributed by atoms with E-state index >= 15 is 8.78 Å². The molecular weight excluding hydrogens is 602 g/mol. The third kappa shape index (κ3) is 7.39. The van der Waals surface area contributed by atoms with Gasteiger partial charge in [0.15, 0.2) is 5.69 Å². The van der Waals surface area contributed by atoms with Crippen LogP contribution < -0.4 is 14.8 Å². The van der Waals surface area contributed by atoms with E-state index in [0.717, 1.165) is 11.0 Å². The Kier molecular flexibility index (Phi) is 10.2. The van der Waals surface area contributed by atoms with Crippen molar-refractivity contribution in [1.29, 1.82) is 0 Å². The number of carboxylic acids is 1. The van der Waals surface area contributed by atoms with E-state index in [4.69, 9.17) is 14.2 Å². The van der Waals surface area contributed by atoms with Gasteiger partial charge >= 0.3 is 12.1 Å². The number of allylic oxidation sites excluding steroid dienone is 2. The lowest BCUT2D eigenvalue weighted by Gasteiger charge is -2.34. The van der Waals surface area contributed by atoms with Gasteiger partial charge in [0.25, 0.3) is 5.92 Å². The molecule has 1 aromatic carbocycles. The molecule has 1 aliphatic carbocycles. The van der Waals surface area contributed by atoms with Crippen molar-refractivity contribution in [2.24, 2.45) is 17.3 Å². The monoisotopic (exact) mass is 644 g/mol. The van der Waals surface area contributed by atoms with Crippen molar-refractivity contribution in [1.82, 2.24) is 20.2 Å². The van der Waals surface area contributed by atoms with Crippen LogP contribution in [0.2, 0.25) is 0 Å². The van der Waals surface area contributed by atoms with Crippen LogP contribution in [-0.2, 0) is 20.2 Å². The zero-order chi connectivity index (χ0) is 34.0. The lowest BCUT2D eigenvalue weighted by atomic mass is 9.85. The molecule has 0 radical (unpaired) electrons. The van der Waals surface area contributed by atoms with Gasteiger partial charge in [-0.15, -0.1) is 13.2 Å². The van der Waals surface area contributed by atoms with Gasteiger partial charge < -0.3 is 29.5 Å². The van der Waals surface area contributed by atoms with Gasteiger partial charge in [0.2, 0.25) is 11.8 Å². The molecule has 1 saturated carbocycles. The number of nitrogens with zero attached hydrogens (tertiary/aromatic N) is 3. The Morgan fingerprint density at radius 1 is 1.15 bits per heavy atom. The average Bonchev–Trinajstić information content (AvgIpc) is 3.59. The van der Waals surface area contributed by atoms with Gasteiger partial charge in [0.05, 0.1) is 24.7 Å². The molecule has 0 bridgehead atoms. The third-order valence-electron chi connectivity index (χ3n) is 8.41. The number of fused-ring (bicyclic) bond motifs is 1. The summed E-state index contributed by atoms with van der Waals surface area (Å²) in [7, 11) is 1.45. The first-order valence-electron chi connectivity index (χ1n) is 15.3. The number of aliphatic carboxylic acids is 1. The molecular formula is C33H42F2N4O7. The molecule has 1 aliphatic heterocycles. The topological polar surface area (TPSA) is 140 Å². The predicted molar refractivity (Wildman–Crippen MR) is 166 cm³/mol. The Labute approximate surface area is 267 Å². The summed E-state index contributed by atoms with van der Waals surface area (Å²) in [5.74, 6) is -6.15. The molecule has 2 aliphatic rings. The highest BCUT2D eigenvalue weighted by Crippen LogP contribution is 2.40. The molecule has 11 nitrogen and oxygen atoms in total. The van der Waals surface area contributed by atoms with Crippen LogP contribution >= 0.6 is 0 Å². The lowest BCUT2D eigenvalue weighted by Crippen LogP contribution is -2.57. The number of carbonyl (C=O) groups is 3. The Morgan fingerprint density at radius 3 is 2.46 bits per heavy atom. The van der Waals surface area contributed by atoms with Crippen molar-refractivity contribution in [2.75, 3.05) is 13.7 Å². The van der Waals surface area contributed by atoms with E-state index in [-0.39, 0.29) is 36.0 Å². The van der Waals surface area contributed by atoms with Crippen LogP contribution in [0.25, 0.3) is 11.0 Å². The summed E-state index contributed by atoms with van der Waals surface area (Å²) >= 11 is 0. The van der Waals surface area contributed by atoms with Gasteiger partial charge in [-0.1, -0.05) is 39.8 Å². The van der Waals surface area contributed by atoms with Crippen LogP contribution in [-0.4, -0.2) is 75.9 Å². The largest absolute Gasteiger partial charge is 0.497 e. The lowest BCUT2D eigenvalue weighted by molar-refractivity contribution is -0.151. The maximum Gasteiger partial charge on any atom is 0.408 e. The fourth-order valence-corrected chi connectivity index (χ4v) is 5.85. The number of aromatic nitrogens is 2. The first-order valence-corrected chi connectivity index (χ1v) is 15.3. The summed E-state index contributed by atoms with van der Waals surface area (Å²) in [6, 6.07) is 2.06. The highest BCUT2D eigenvalue weighted by Gasteiger charge is 2.52. The quantitative estimate of drug-likeness (QED) is 0.271. The number of ether oxygens (including phenoxy) is 3. The van der Waals surface area contributed by atoms with Gasteiger partial charge in [-0.25, -0.2) is 19.6 Å². The number of halogens is 2. The Bertz CT molecular complexity index is 1490. The second kappa shape index (κ2) is 13.6. The van der Waals surface area contributed by atoms with Gasteiger partial charge in [-0.05, 0) is 36.8 Å². The minimum atomic E-state index is -3.51. The zero-order valence-electron chi connectivity index (χ0n) is 26.8. The molecule has 2 aromatic rings. The normalized spacial score (nSPS) is 23.4. The number of hydrogen-bond donors (Lipinski definition) is 2. The summed E-state index contributed by atoms with van der Waals surface area (Å²) in [6.07, 6.45) is 1.58. The summed E-state index contributed by atoms with van der Waals surface area (Å²) in [5.41, 5.74) is -1.17. The Hall–Kier alpha value is -4.29. The van der Waals surface area contributed by atoms with Crippen LogP contribution in [0.4, 0.5) is 13.6 Å². The van der Waals surface area contributed by atoms with E-state index in [1.165, 1.54) is 19.2 Å². The van der Waals surface area contributed by atoms with Crippen molar-refractivity contribution < 1.29 is 42.5 Å². The number of alkyl carbamates (subject to hydrolysis) is 1. The van der Waals surface area contributed by atoms with Crippen LogP contribution in [0, 0.1) is 17.3 Å². The number of alkyl halides is 2. The van der Waals surface area contributed by atoms with Crippen molar-refractivity contribution >= 4 is 29.0 Å². The van der Waals surface area contributed by atoms with Gasteiger partial charge in [-0.3, -0.25) is 4.79 Å². The second-order valence-corrected chi connectivity index (χ2v) is 12.8. The van der Waals surface area contributed by atoms with Gasteiger partial charge in [0, 0.05) is 24.3 Å². The molecule has 0 spiro atoms. The number of hydrogen-bond acceptors (Lipinski definition) is 8. The smallest absolute Gasteiger partial charge is 0.408 e. The highest BCUT2D eigenvalue weighted by atomic mass is 19.3. The summed E-state index contributed by atoms with van der Waals surface area (Å²) in [4.78, 5) is 49.2. The maximum absolute atomic E-state index is 15.4. The molecule has 2 heterocycles. The standard InChI is InChI=1S/C33H42F2N4O7/c1-8-11-18-15-23(18)46-31(43)38-27(32(4,5)6)29(40)39-17-24(20(10-3)25(39)30(41)42)45-28-26(33(34,35)14-9-2)36-21-13-12-19(44-7)16-22(21)37-28/h8-9,12-13,16,18,20,23-25,27H,1-2,10-11,14-15,17H2,3-7H3,(H,38,43)(H,41,42)/t18-,20-,23-,24+,25+,27-/m1/s1. The van der Waals surface area contributed by atoms with E-state index in [1.54, 1.807) is 39.8 Å². The van der Waals surface area contributed by atoms with Gasteiger partial charge in [-0.2, -0.15) is 8.78 Å². The first-order chi connectivity index (χ1) is 21.6. The highest BCUT2D eigenvalue weighted by molar-refractivity contribution is 5.90. The molecule has 0 unspecified atom stereocenters. The number of amides is 2. The molecule has 13 heteroatoms. The fraction of sp³-hybridized carbons (Fsp3) is 0.545. The Balaban J connectivity index is 1.67. The molecule has 46 heavy (non-hydrogen) atoms. The molecule has 250 valence electrons. The minimum Gasteiger partial charge on any atom is -0.497 e. The van der Waals surface area contributed by atoms with Crippen LogP contribution in [0.15, 0.2) is 43.5 Å². The second-order valence-electron chi connectivity index (χ2n) is 12.8. The number of carboxylic acid groups (broad SMARTS) is 1. The summed E-state index contributed by atoms with van der Waals surface area (Å²) < 4.78 is 47.6. The molecule has 4 rings (SSSR count). The van der Waals surface area contributed by atoms with E-state index in [9.17, 15) is 19.5 Å². The number of nitrogens with one attached hydrogen (secondary N) is 1. The van der Waals surface area contributed by atoms with E-state index < -0.39 is 71.4 Å². The van der Waals surface area contributed by atoms with E-state index in [1.807, 2.05) is 0 Å². The van der Waals surface area contributed by atoms with Crippen molar-refractivity contribution in [3.63, 3.8) is 0 Å². The van der Waals surface area contributed by atoms with Crippen LogP contribution in [0.5, 0.6) is 11.6 Å². The number of rotatable bonds is 13. The SMILES string of the molecule is C=CC[C@@H]1C[C@H]1OC(=O)N[C@H](C(=O)N1C[C@H](Oc2nc3cc(OC)ccc3nc2C(F)(F)CC=C)[C@@H](CC)[C@H]1C(=O)O)C(C)(C)C. The predicted octanol–water partition coefficient (Wildman–Crippen LogP) is 5.48. The molecule has 2 amide bonds. The minimum absolute atomic E-state index is 0.174. The van der Waals surface area contributed by atoms with Crippen LogP contribution in [0.3, 0.4) is 0 Å². The molecule has 2 N–H and O–H groups in total. The van der Waals surface area contributed by atoms with Crippen molar-refractivity contribution in [3.8, 4) is 11.6 Å². The van der Waals surface area contributed by atoms with Crippen LogP contribution in [0.1, 0.15) is 59.1 Å². The zero-order valence-corrected chi connectivity index (χ0v) is 26.8. The first kappa shape index (κ1) is 34.6. The maximum atomic E-state index is 15.4. The summed E-state index contributed by atoms with van der Waals surface area (Å²) in [6.45, 7) is 13.8. The van der Waals surface area contributed by atoms with E-state index in [0.29, 0.717) is 18.6 Å². The Morgan fingerprint density at radius 2 is 1.87 bits per heavy atom. The molecule has 2 fully saturated rings. The molecule has 6 atom stereocenters. The summed E-state index contributed by atoms with van der Waals surface area (Å²) in [5, 5.41) is 12.9. The van der Waals surface area contributed by atoms with Gasteiger partial charge in [0.1, 0.15) is 30.0 Å².